The van der Waals surface area contributed by atoms with E-state index >= 15 is 0 Å². The summed E-state index contributed by atoms with van der Waals surface area (Å²) in [6.45, 7) is 1.95. The van der Waals surface area contributed by atoms with Crippen molar-refractivity contribution in [3.63, 3.8) is 0 Å². The number of ether oxygens (including phenoxy) is 1. The highest BCUT2D eigenvalue weighted by molar-refractivity contribution is 6.36. The second-order valence-electron chi connectivity index (χ2n) is 6.58. The molecular formula is C23H16ClFN2O2. The molecule has 0 saturated heterocycles. The Labute approximate surface area is 172 Å². The molecule has 0 unspecified atom stereocenters. The zero-order valence-electron chi connectivity index (χ0n) is 15.5. The van der Waals surface area contributed by atoms with Gasteiger partial charge >= 0.3 is 0 Å². The summed E-state index contributed by atoms with van der Waals surface area (Å²) >= 11 is 6.53. The van der Waals surface area contributed by atoms with Gasteiger partial charge in [0.2, 0.25) is 0 Å². The number of carbonyl (C=O) groups is 1. The molecule has 4 nitrogen and oxygen atoms in total. The number of halogens is 2. The molecule has 0 atom stereocenters. The van der Waals surface area contributed by atoms with Crippen molar-refractivity contribution in [2.75, 3.05) is 0 Å². The second kappa shape index (κ2) is 7.97. The van der Waals surface area contributed by atoms with E-state index < -0.39 is 0 Å². The third-order valence-corrected chi connectivity index (χ3v) is 4.93. The molecule has 0 spiro atoms. The molecule has 0 aliphatic heterocycles. The van der Waals surface area contributed by atoms with Crippen molar-refractivity contribution >= 4 is 28.4 Å². The van der Waals surface area contributed by atoms with Crippen LogP contribution >= 0.6 is 11.6 Å². The minimum atomic E-state index is -0.337. The van der Waals surface area contributed by atoms with Crippen LogP contribution in [-0.4, -0.2) is 15.8 Å². The van der Waals surface area contributed by atoms with Crippen LogP contribution < -0.4 is 4.74 Å². The van der Waals surface area contributed by atoms with E-state index in [1.54, 1.807) is 54.9 Å². The van der Waals surface area contributed by atoms with Gasteiger partial charge in [0, 0.05) is 23.5 Å². The molecule has 0 bridgehead atoms. The number of nitrogens with zero attached hydrogens (tertiary/aromatic N) is 2. The Morgan fingerprint density at radius 2 is 1.83 bits per heavy atom. The maximum absolute atomic E-state index is 13.4. The van der Waals surface area contributed by atoms with Gasteiger partial charge in [-0.1, -0.05) is 29.8 Å². The fraction of sp³-hybridized carbons (Fsp3) is 0.0870. The molecule has 0 amide bonds. The number of hydrogen-bond donors (Lipinski definition) is 0. The van der Waals surface area contributed by atoms with E-state index in [-0.39, 0.29) is 23.2 Å². The lowest BCUT2D eigenvalue weighted by molar-refractivity contribution is 0.103. The van der Waals surface area contributed by atoms with E-state index in [1.807, 2.05) is 6.92 Å². The number of aryl methyl sites for hydroxylation is 1. The van der Waals surface area contributed by atoms with Gasteiger partial charge in [0.1, 0.15) is 18.2 Å². The Hall–Kier alpha value is -3.31. The lowest BCUT2D eigenvalue weighted by Gasteiger charge is -2.13. The fourth-order valence-corrected chi connectivity index (χ4v) is 3.43. The van der Waals surface area contributed by atoms with Crippen LogP contribution in [0, 0.1) is 12.7 Å². The molecule has 144 valence electrons. The molecule has 0 aliphatic carbocycles. The van der Waals surface area contributed by atoms with Crippen molar-refractivity contribution in [2.45, 2.75) is 13.5 Å². The average molecular weight is 407 g/mol. The van der Waals surface area contributed by atoms with Gasteiger partial charge in [-0.15, -0.1) is 0 Å². The van der Waals surface area contributed by atoms with Crippen LogP contribution in [0.5, 0.6) is 5.75 Å². The Kier molecular flexibility index (Phi) is 5.23. The van der Waals surface area contributed by atoms with Crippen molar-refractivity contribution in [1.82, 2.24) is 9.97 Å². The van der Waals surface area contributed by atoms with Crippen LogP contribution in [0.2, 0.25) is 5.02 Å². The molecule has 3 aromatic carbocycles. The van der Waals surface area contributed by atoms with Gasteiger partial charge in [0.15, 0.2) is 5.78 Å². The number of benzene rings is 3. The van der Waals surface area contributed by atoms with E-state index in [4.69, 9.17) is 16.3 Å². The minimum absolute atomic E-state index is 0.139. The van der Waals surface area contributed by atoms with Crippen molar-refractivity contribution in [3.8, 4) is 5.75 Å². The van der Waals surface area contributed by atoms with Crippen molar-refractivity contribution in [2.24, 2.45) is 0 Å². The zero-order chi connectivity index (χ0) is 20.4. The third kappa shape index (κ3) is 3.96. The number of hydrogen-bond acceptors (Lipinski definition) is 4. The number of rotatable bonds is 5. The first kappa shape index (κ1) is 19.0. The summed E-state index contributed by atoms with van der Waals surface area (Å²) in [5.74, 6) is -0.196. The van der Waals surface area contributed by atoms with Crippen LogP contribution in [0.4, 0.5) is 4.39 Å². The topological polar surface area (TPSA) is 52.1 Å². The van der Waals surface area contributed by atoms with Gasteiger partial charge in [0.25, 0.3) is 0 Å². The average Bonchev–Trinajstić information content (AvgIpc) is 2.73. The standard InChI is InChI=1S/C23H16ClFN2O2/c1-14-5-8-20(29-13-15-3-2-4-17(25)11-15)22(24)21(14)23(28)16-6-7-18-19(12-16)27-10-9-26-18/h2-12H,13H2,1H3. The SMILES string of the molecule is Cc1ccc(OCc2cccc(F)c2)c(Cl)c1C(=O)c1ccc2nccnc2c1. The quantitative estimate of drug-likeness (QED) is 0.408. The van der Waals surface area contributed by atoms with E-state index in [1.165, 1.54) is 12.1 Å². The Bertz CT molecular complexity index is 1230. The Morgan fingerprint density at radius 3 is 2.62 bits per heavy atom. The summed E-state index contributed by atoms with van der Waals surface area (Å²) in [6.07, 6.45) is 3.18. The first-order valence-corrected chi connectivity index (χ1v) is 9.32. The molecule has 29 heavy (non-hydrogen) atoms. The van der Waals surface area contributed by atoms with E-state index in [0.717, 1.165) is 5.56 Å². The summed E-state index contributed by atoms with van der Waals surface area (Å²) in [6, 6.07) is 14.8. The molecule has 0 saturated carbocycles. The van der Waals surface area contributed by atoms with Crippen molar-refractivity contribution in [1.29, 1.82) is 0 Å². The highest BCUT2D eigenvalue weighted by atomic mass is 35.5. The molecule has 1 aromatic heterocycles. The number of aromatic nitrogens is 2. The molecule has 0 N–H and O–H groups in total. The lowest BCUT2D eigenvalue weighted by Crippen LogP contribution is -2.07. The third-order valence-electron chi connectivity index (χ3n) is 4.56. The molecule has 0 aliphatic rings. The summed E-state index contributed by atoms with van der Waals surface area (Å²) in [7, 11) is 0. The first-order chi connectivity index (χ1) is 14.0. The molecule has 4 rings (SSSR count). The van der Waals surface area contributed by atoms with Crippen LogP contribution in [0.15, 0.2) is 67.0 Å². The minimum Gasteiger partial charge on any atom is -0.487 e. The highest BCUT2D eigenvalue weighted by Crippen LogP contribution is 2.33. The van der Waals surface area contributed by atoms with Gasteiger partial charge in [-0.2, -0.15) is 0 Å². The summed E-state index contributed by atoms with van der Waals surface area (Å²) < 4.78 is 19.1. The maximum atomic E-state index is 13.4. The predicted octanol–water partition coefficient (Wildman–Crippen LogP) is 5.54. The molecule has 4 aromatic rings. The van der Waals surface area contributed by atoms with Crippen molar-refractivity contribution < 1.29 is 13.9 Å². The van der Waals surface area contributed by atoms with E-state index in [2.05, 4.69) is 9.97 Å². The van der Waals surface area contributed by atoms with Gasteiger partial charge in [0.05, 0.1) is 16.1 Å². The lowest BCUT2D eigenvalue weighted by atomic mass is 9.98. The molecule has 6 heteroatoms. The summed E-state index contributed by atoms with van der Waals surface area (Å²) in [5, 5.41) is 0.227. The normalized spacial score (nSPS) is 10.9. The number of fused-ring (bicyclic) bond motifs is 1. The van der Waals surface area contributed by atoms with Gasteiger partial charge in [-0.25, -0.2) is 4.39 Å². The predicted molar refractivity (Wildman–Crippen MR) is 110 cm³/mol. The zero-order valence-corrected chi connectivity index (χ0v) is 16.3. The maximum Gasteiger partial charge on any atom is 0.195 e. The molecule has 0 fully saturated rings. The van der Waals surface area contributed by atoms with Crippen molar-refractivity contribution in [3.05, 3.63) is 100 Å². The summed E-state index contributed by atoms with van der Waals surface area (Å²) in [5.41, 5.74) is 3.57. The monoisotopic (exact) mass is 406 g/mol. The van der Waals surface area contributed by atoms with Crippen LogP contribution in [0.1, 0.15) is 27.0 Å². The molecular weight excluding hydrogens is 391 g/mol. The smallest absolute Gasteiger partial charge is 0.195 e. The Morgan fingerprint density at radius 1 is 1.03 bits per heavy atom. The van der Waals surface area contributed by atoms with Gasteiger partial charge in [-0.05, 0) is 54.4 Å². The van der Waals surface area contributed by atoms with Crippen LogP contribution in [0.25, 0.3) is 11.0 Å². The van der Waals surface area contributed by atoms with Gasteiger partial charge < -0.3 is 4.74 Å². The molecule has 0 radical (unpaired) electrons. The van der Waals surface area contributed by atoms with E-state index in [9.17, 15) is 9.18 Å². The first-order valence-electron chi connectivity index (χ1n) is 8.95. The second-order valence-corrected chi connectivity index (χ2v) is 6.96. The largest absolute Gasteiger partial charge is 0.487 e. The fourth-order valence-electron chi connectivity index (χ4n) is 3.08. The van der Waals surface area contributed by atoms with Crippen LogP contribution in [-0.2, 0) is 6.61 Å². The van der Waals surface area contributed by atoms with E-state index in [0.29, 0.717) is 33.5 Å². The number of ketones is 1. The Balaban J connectivity index is 1.65. The highest BCUT2D eigenvalue weighted by Gasteiger charge is 2.20. The van der Waals surface area contributed by atoms with Gasteiger partial charge in [-0.3, -0.25) is 14.8 Å². The summed E-state index contributed by atoms with van der Waals surface area (Å²) in [4.78, 5) is 21.6. The number of carbonyl (C=O) groups excluding carboxylic acids is 1. The molecule has 1 heterocycles. The van der Waals surface area contributed by atoms with Crippen LogP contribution in [0.3, 0.4) is 0 Å².